The average molecular weight is 385 g/mol. The first-order valence-electron chi connectivity index (χ1n) is 6.65. The molecule has 2 heterocycles. The normalized spacial score (nSPS) is 11.0. The summed E-state index contributed by atoms with van der Waals surface area (Å²) in [4.78, 5) is 29.3. The van der Waals surface area contributed by atoms with E-state index in [0.29, 0.717) is 32.8 Å². The molecule has 124 valence electrons. The van der Waals surface area contributed by atoms with E-state index in [-0.39, 0.29) is 5.16 Å². The van der Waals surface area contributed by atoms with Gasteiger partial charge < -0.3 is 4.52 Å². The highest BCUT2D eigenvalue weighted by molar-refractivity contribution is 7.98. The van der Waals surface area contributed by atoms with E-state index in [2.05, 4.69) is 15.1 Å². The quantitative estimate of drug-likeness (QED) is 0.694. The maximum Gasteiger partial charge on any atom is 0.353 e. The topological polar surface area (TPSA) is 93.8 Å². The fraction of sp³-hybridized carbons (Fsp3) is 0.143. The van der Waals surface area contributed by atoms with Crippen molar-refractivity contribution in [1.29, 1.82) is 0 Å². The van der Waals surface area contributed by atoms with Gasteiger partial charge in [-0.3, -0.25) is 4.98 Å². The molecule has 2 aromatic heterocycles. The summed E-state index contributed by atoms with van der Waals surface area (Å²) in [5, 5.41) is 5.17. The van der Waals surface area contributed by atoms with Crippen LogP contribution in [-0.4, -0.2) is 19.7 Å². The third-order valence-electron chi connectivity index (χ3n) is 3.12. The highest BCUT2D eigenvalue weighted by Gasteiger charge is 2.12. The van der Waals surface area contributed by atoms with E-state index < -0.39 is 11.4 Å². The molecule has 1 aromatic carbocycles. The molecule has 0 aliphatic rings. The van der Waals surface area contributed by atoms with E-state index in [9.17, 15) is 9.59 Å². The van der Waals surface area contributed by atoms with Crippen molar-refractivity contribution in [2.45, 2.75) is 10.9 Å². The summed E-state index contributed by atoms with van der Waals surface area (Å²) in [7, 11) is 1.35. The second-order valence-corrected chi connectivity index (χ2v) is 6.59. The molecule has 0 unspecified atom stereocenters. The van der Waals surface area contributed by atoms with E-state index in [1.807, 2.05) is 0 Å². The van der Waals surface area contributed by atoms with E-state index in [1.54, 1.807) is 24.3 Å². The number of nitrogens with one attached hydrogen (secondary N) is 1. The lowest BCUT2D eigenvalue weighted by atomic mass is 10.1. The Labute approximate surface area is 149 Å². The molecule has 10 heteroatoms. The van der Waals surface area contributed by atoms with Crippen molar-refractivity contribution in [2.24, 2.45) is 7.05 Å². The standard InChI is InChI=1S/C14H10Cl2N4O3S/c1-20-13(21)17-12(18-14(20)22)24-6-8-5-11(19-23-8)9-3-2-7(15)4-10(9)16/h2-5H,6H2,1H3,(H,17,18,21,22). The maximum absolute atomic E-state index is 11.5. The summed E-state index contributed by atoms with van der Waals surface area (Å²) in [5.41, 5.74) is 0.120. The number of nitrogens with zero attached hydrogens (tertiary/aromatic N) is 3. The van der Waals surface area contributed by atoms with E-state index in [1.165, 1.54) is 7.05 Å². The second kappa shape index (κ2) is 6.84. The second-order valence-electron chi connectivity index (χ2n) is 4.78. The minimum Gasteiger partial charge on any atom is -0.360 e. The summed E-state index contributed by atoms with van der Waals surface area (Å²) in [6.45, 7) is 0. The first-order chi connectivity index (χ1) is 11.4. The lowest BCUT2D eigenvalue weighted by Gasteiger charge is -1.99. The molecule has 0 aliphatic heterocycles. The Bertz CT molecular complexity index is 980. The Balaban J connectivity index is 1.77. The molecule has 3 aromatic rings. The average Bonchev–Trinajstić information content (AvgIpc) is 2.99. The largest absolute Gasteiger partial charge is 0.360 e. The van der Waals surface area contributed by atoms with Crippen molar-refractivity contribution < 1.29 is 4.52 Å². The zero-order chi connectivity index (χ0) is 17.3. The monoisotopic (exact) mass is 384 g/mol. The fourth-order valence-electron chi connectivity index (χ4n) is 1.87. The Morgan fingerprint density at radius 1 is 1.29 bits per heavy atom. The summed E-state index contributed by atoms with van der Waals surface area (Å²) < 4.78 is 6.13. The van der Waals surface area contributed by atoms with Gasteiger partial charge in [-0.05, 0) is 18.2 Å². The number of hydrogen-bond acceptors (Lipinski definition) is 6. The zero-order valence-electron chi connectivity index (χ0n) is 12.2. The summed E-state index contributed by atoms with van der Waals surface area (Å²) in [5.74, 6) is 0.887. The lowest BCUT2D eigenvalue weighted by Crippen LogP contribution is -2.34. The van der Waals surface area contributed by atoms with Crippen LogP contribution in [0.25, 0.3) is 11.3 Å². The molecular formula is C14H10Cl2N4O3S. The molecule has 7 nitrogen and oxygen atoms in total. The summed E-state index contributed by atoms with van der Waals surface area (Å²) in [6, 6.07) is 6.80. The Morgan fingerprint density at radius 3 is 2.79 bits per heavy atom. The van der Waals surface area contributed by atoms with Crippen LogP contribution in [0.1, 0.15) is 5.76 Å². The highest BCUT2D eigenvalue weighted by atomic mass is 35.5. The molecule has 0 amide bonds. The number of benzene rings is 1. The predicted octanol–water partition coefficient (Wildman–Crippen LogP) is 2.72. The van der Waals surface area contributed by atoms with E-state index in [0.717, 1.165) is 16.3 Å². The Hall–Kier alpha value is -2.03. The van der Waals surface area contributed by atoms with Crippen LogP contribution in [-0.2, 0) is 12.8 Å². The third kappa shape index (κ3) is 3.55. The van der Waals surface area contributed by atoms with Gasteiger partial charge in [0, 0.05) is 23.7 Å². The first kappa shape index (κ1) is 16.8. The Morgan fingerprint density at radius 2 is 2.08 bits per heavy atom. The Kier molecular flexibility index (Phi) is 4.79. The van der Waals surface area contributed by atoms with Crippen LogP contribution in [0.4, 0.5) is 0 Å². The number of hydrogen-bond donors (Lipinski definition) is 1. The van der Waals surface area contributed by atoms with Crippen molar-refractivity contribution in [3.05, 3.63) is 61.0 Å². The number of rotatable bonds is 4. The van der Waals surface area contributed by atoms with Crippen molar-refractivity contribution in [1.82, 2.24) is 19.7 Å². The molecule has 0 radical (unpaired) electrons. The van der Waals surface area contributed by atoms with E-state index in [4.69, 9.17) is 27.7 Å². The van der Waals surface area contributed by atoms with Crippen LogP contribution in [0.3, 0.4) is 0 Å². The minimum atomic E-state index is -0.618. The zero-order valence-corrected chi connectivity index (χ0v) is 14.6. The molecular weight excluding hydrogens is 375 g/mol. The van der Waals surface area contributed by atoms with Gasteiger partial charge in [0.2, 0.25) is 0 Å². The van der Waals surface area contributed by atoms with Crippen LogP contribution in [0, 0.1) is 0 Å². The van der Waals surface area contributed by atoms with Crippen molar-refractivity contribution in [3.8, 4) is 11.3 Å². The molecule has 0 atom stereocenters. The molecule has 0 bridgehead atoms. The lowest BCUT2D eigenvalue weighted by molar-refractivity contribution is 0.397. The maximum atomic E-state index is 11.5. The molecule has 0 fully saturated rings. The molecule has 0 saturated heterocycles. The van der Waals surface area contributed by atoms with Crippen molar-refractivity contribution in [2.75, 3.05) is 0 Å². The minimum absolute atomic E-state index is 0.213. The van der Waals surface area contributed by atoms with Gasteiger partial charge >= 0.3 is 11.4 Å². The van der Waals surface area contributed by atoms with Gasteiger partial charge in [0.15, 0.2) is 5.16 Å². The van der Waals surface area contributed by atoms with Crippen molar-refractivity contribution >= 4 is 35.0 Å². The van der Waals surface area contributed by atoms with Gasteiger partial charge in [0.05, 0.1) is 10.8 Å². The molecule has 1 N–H and O–H groups in total. The summed E-state index contributed by atoms with van der Waals surface area (Å²) in [6.07, 6.45) is 0. The first-order valence-corrected chi connectivity index (χ1v) is 8.39. The van der Waals surface area contributed by atoms with E-state index >= 15 is 0 Å². The van der Waals surface area contributed by atoms with Gasteiger partial charge in [-0.2, -0.15) is 4.98 Å². The number of aromatic nitrogens is 4. The molecule has 0 saturated carbocycles. The predicted molar refractivity (Wildman–Crippen MR) is 91.6 cm³/mol. The number of thioether (sulfide) groups is 1. The van der Waals surface area contributed by atoms with Crippen molar-refractivity contribution in [3.63, 3.8) is 0 Å². The van der Waals surface area contributed by atoms with Crippen LogP contribution in [0.5, 0.6) is 0 Å². The summed E-state index contributed by atoms with van der Waals surface area (Å²) >= 11 is 13.2. The number of halogens is 2. The van der Waals surface area contributed by atoms with Gasteiger partial charge in [-0.1, -0.05) is 40.1 Å². The van der Waals surface area contributed by atoms with Gasteiger partial charge in [0.1, 0.15) is 11.5 Å². The van der Waals surface area contributed by atoms with Gasteiger partial charge in [-0.25, -0.2) is 14.2 Å². The molecule has 0 aliphatic carbocycles. The molecule has 3 rings (SSSR count). The number of H-pyrrole nitrogens is 1. The van der Waals surface area contributed by atoms with Crippen LogP contribution in [0.2, 0.25) is 10.0 Å². The fourth-order valence-corrected chi connectivity index (χ4v) is 3.09. The van der Waals surface area contributed by atoms with Gasteiger partial charge in [0.25, 0.3) is 0 Å². The highest BCUT2D eigenvalue weighted by Crippen LogP contribution is 2.30. The molecule has 0 spiro atoms. The van der Waals surface area contributed by atoms with Crippen LogP contribution in [0.15, 0.2) is 43.5 Å². The smallest absolute Gasteiger partial charge is 0.353 e. The van der Waals surface area contributed by atoms with Crippen LogP contribution < -0.4 is 11.4 Å². The third-order valence-corrected chi connectivity index (χ3v) is 4.56. The molecule has 24 heavy (non-hydrogen) atoms. The number of aromatic amines is 1. The van der Waals surface area contributed by atoms with Gasteiger partial charge in [-0.15, -0.1) is 0 Å². The SMILES string of the molecule is Cn1c(=O)nc(SCc2cc(-c3ccc(Cl)cc3Cl)no2)[nH]c1=O. The van der Waals surface area contributed by atoms with Crippen LogP contribution >= 0.6 is 35.0 Å².